The molecule has 1 unspecified atom stereocenters. The molecule has 0 aromatic heterocycles. The van der Waals surface area contributed by atoms with Gasteiger partial charge in [0, 0.05) is 6.04 Å². The van der Waals surface area contributed by atoms with Gasteiger partial charge in [-0.3, -0.25) is 4.79 Å². The lowest BCUT2D eigenvalue weighted by Gasteiger charge is -2.16. The fourth-order valence-electron chi connectivity index (χ4n) is 1.80. The maximum absolute atomic E-state index is 13.5. The van der Waals surface area contributed by atoms with Crippen LogP contribution in [0.2, 0.25) is 0 Å². The number of carbonyl (C=O) groups is 1. The van der Waals surface area contributed by atoms with Crippen molar-refractivity contribution < 1.29 is 9.18 Å². The Morgan fingerprint density at radius 1 is 1.41 bits per heavy atom. The number of amides is 1. The number of nitrogens with one attached hydrogen (secondary N) is 1. The van der Waals surface area contributed by atoms with Crippen LogP contribution in [0.4, 0.5) is 4.39 Å². The van der Waals surface area contributed by atoms with E-state index in [1.54, 1.807) is 12.1 Å². The van der Waals surface area contributed by atoms with Crippen LogP contribution in [0.1, 0.15) is 49.0 Å². The van der Waals surface area contributed by atoms with Crippen LogP contribution in [0, 0.1) is 12.7 Å². The van der Waals surface area contributed by atoms with E-state index in [4.69, 9.17) is 0 Å². The Morgan fingerprint density at radius 2 is 2.12 bits per heavy atom. The van der Waals surface area contributed by atoms with Gasteiger partial charge < -0.3 is 5.32 Å². The van der Waals surface area contributed by atoms with E-state index in [1.807, 2.05) is 13.8 Å². The summed E-state index contributed by atoms with van der Waals surface area (Å²) in [5, 5.41) is 2.87. The summed E-state index contributed by atoms with van der Waals surface area (Å²) in [6.45, 7) is 5.94. The van der Waals surface area contributed by atoms with Gasteiger partial charge in [0.1, 0.15) is 5.82 Å². The van der Waals surface area contributed by atoms with E-state index >= 15 is 0 Å². The Morgan fingerprint density at radius 3 is 2.71 bits per heavy atom. The van der Waals surface area contributed by atoms with Crippen LogP contribution >= 0.6 is 0 Å². The first kappa shape index (κ1) is 13.7. The predicted octanol–water partition coefficient (Wildman–Crippen LogP) is 3.44. The molecule has 1 atom stereocenters. The molecule has 1 N–H and O–H groups in total. The number of hydrogen-bond acceptors (Lipinski definition) is 1. The van der Waals surface area contributed by atoms with Crippen LogP contribution < -0.4 is 5.32 Å². The summed E-state index contributed by atoms with van der Waals surface area (Å²) >= 11 is 0. The minimum Gasteiger partial charge on any atom is -0.349 e. The number of aryl methyl sites for hydroxylation is 1. The zero-order valence-electron chi connectivity index (χ0n) is 10.7. The number of halogens is 1. The second-order valence-corrected chi connectivity index (χ2v) is 4.35. The maximum Gasteiger partial charge on any atom is 0.254 e. The van der Waals surface area contributed by atoms with Crippen molar-refractivity contribution >= 4 is 5.91 Å². The van der Waals surface area contributed by atoms with Gasteiger partial charge in [-0.25, -0.2) is 4.39 Å². The molecule has 2 nitrogen and oxygen atoms in total. The van der Waals surface area contributed by atoms with Crippen molar-refractivity contribution in [1.82, 2.24) is 5.32 Å². The third kappa shape index (κ3) is 3.84. The van der Waals surface area contributed by atoms with Gasteiger partial charge in [-0.15, -0.1) is 0 Å². The Kier molecular flexibility index (Phi) is 5.13. The van der Waals surface area contributed by atoms with E-state index in [0.717, 1.165) is 24.8 Å². The van der Waals surface area contributed by atoms with E-state index < -0.39 is 5.82 Å². The zero-order chi connectivity index (χ0) is 12.8. The minimum atomic E-state index is -0.459. The van der Waals surface area contributed by atoms with Crippen molar-refractivity contribution in [3.63, 3.8) is 0 Å². The monoisotopic (exact) mass is 237 g/mol. The summed E-state index contributed by atoms with van der Waals surface area (Å²) < 4.78 is 13.5. The summed E-state index contributed by atoms with van der Waals surface area (Å²) in [5.74, 6) is -0.772. The molecule has 1 aromatic carbocycles. The Bertz CT molecular complexity index is 390. The van der Waals surface area contributed by atoms with E-state index in [9.17, 15) is 9.18 Å². The van der Waals surface area contributed by atoms with Crippen LogP contribution in [-0.2, 0) is 0 Å². The molecular weight excluding hydrogens is 217 g/mol. The molecule has 0 heterocycles. The molecule has 0 saturated carbocycles. The van der Waals surface area contributed by atoms with Gasteiger partial charge >= 0.3 is 0 Å². The van der Waals surface area contributed by atoms with Gasteiger partial charge in [-0.1, -0.05) is 31.9 Å². The van der Waals surface area contributed by atoms with E-state index in [1.165, 1.54) is 6.07 Å². The Labute approximate surface area is 102 Å². The normalized spacial score (nSPS) is 12.2. The first-order valence-electron chi connectivity index (χ1n) is 6.15. The third-order valence-corrected chi connectivity index (χ3v) is 2.83. The summed E-state index contributed by atoms with van der Waals surface area (Å²) in [6, 6.07) is 4.72. The predicted molar refractivity (Wildman–Crippen MR) is 67.6 cm³/mol. The molecule has 1 amide bonds. The van der Waals surface area contributed by atoms with Crippen LogP contribution in [0.25, 0.3) is 0 Å². The lowest BCUT2D eigenvalue weighted by molar-refractivity contribution is 0.0929. The SMILES string of the molecule is CCCC(CC)NC(=O)c1cc(C)ccc1F. The van der Waals surface area contributed by atoms with Gasteiger partial charge in [0.05, 0.1) is 5.56 Å². The summed E-state index contributed by atoms with van der Waals surface area (Å²) in [7, 11) is 0. The lowest BCUT2D eigenvalue weighted by atomic mass is 10.1. The van der Waals surface area contributed by atoms with Crippen LogP contribution in [0.3, 0.4) is 0 Å². The highest BCUT2D eigenvalue weighted by atomic mass is 19.1. The molecular formula is C14H20FNO. The molecule has 0 fully saturated rings. The van der Waals surface area contributed by atoms with Gasteiger partial charge in [0.2, 0.25) is 0 Å². The fourth-order valence-corrected chi connectivity index (χ4v) is 1.80. The standard InChI is InChI=1S/C14H20FNO/c1-4-6-11(5-2)16-14(17)12-9-10(3)7-8-13(12)15/h7-9,11H,4-6H2,1-3H3,(H,16,17). The average Bonchev–Trinajstić information content (AvgIpc) is 2.31. The van der Waals surface area contributed by atoms with Gasteiger partial charge in [0.15, 0.2) is 0 Å². The molecule has 0 bridgehead atoms. The molecule has 1 aromatic rings. The van der Waals surface area contributed by atoms with Crippen LogP contribution in [0.5, 0.6) is 0 Å². The molecule has 1 rings (SSSR count). The summed E-state index contributed by atoms with van der Waals surface area (Å²) in [6.07, 6.45) is 2.80. The topological polar surface area (TPSA) is 29.1 Å². The van der Waals surface area contributed by atoms with Gasteiger partial charge in [-0.05, 0) is 31.9 Å². The van der Waals surface area contributed by atoms with Crippen molar-refractivity contribution in [2.45, 2.75) is 46.1 Å². The fraction of sp³-hybridized carbons (Fsp3) is 0.500. The molecule has 0 saturated heterocycles. The van der Waals surface area contributed by atoms with E-state index in [2.05, 4.69) is 12.2 Å². The van der Waals surface area contributed by atoms with Crippen molar-refractivity contribution in [1.29, 1.82) is 0 Å². The molecule has 0 aliphatic rings. The molecule has 17 heavy (non-hydrogen) atoms. The highest BCUT2D eigenvalue weighted by Gasteiger charge is 2.15. The number of benzene rings is 1. The zero-order valence-corrected chi connectivity index (χ0v) is 10.7. The van der Waals surface area contributed by atoms with Gasteiger partial charge in [-0.2, -0.15) is 0 Å². The first-order valence-corrected chi connectivity index (χ1v) is 6.15. The Hall–Kier alpha value is -1.38. The van der Waals surface area contributed by atoms with Crippen LogP contribution in [0.15, 0.2) is 18.2 Å². The minimum absolute atomic E-state index is 0.132. The molecule has 0 spiro atoms. The largest absolute Gasteiger partial charge is 0.349 e. The number of carbonyl (C=O) groups excluding carboxylic acids is 1. The molecule has 0 radical (unpaired) electrons. The van der Waals surface area contributed by atoms with Crippen molar-refractivity contribution in [2.24, 2.45) is 0 Å². The maximum atomic E-state index is 13.5. The van der Waals surface area contributed by atoms with Crippen molar-refractivity contribution in [3.05, 3.63) is 35.1 Å². The third-order valence-electron chi connectivity index (χ3n) is 2.83. The highest BCUT2D eigenvalue weighted by molar-refractivity contribution is 5.94. The molecule has 3 heteroatoms. The summed E-state index contributed by atoms with van der Waals surface area (Å²) in [5.41, 5.74) is 1.03. The summed E-state index contributed by atoms with van der Waals surface area (Å²) in [4.78, 5) is 11.9. The van der Waals surface area contributed by atoms with Crippen molar-refractivity contribution in [3.8, 4) is 0 Å². The van der Waals surface area contributed by atoms with Gasteiger partial charge in [0.25, 0.3) is 5.91 Å². The second kappa shape index (κ2) is 6.38. The van der Waals surface area contributed by atoms with Crippen LogP contribution in [-0.4, -0.2) is 11.9 Å². The second-order valence-electron chi connectivity index (χ2n) is 4.35. The number of rotatable bonds is 5. The molecule has 94 valence electrons. The lowest BCUT2D eigenvalue weighted by Crippen LogP contribution is -2.34. The molecule has 0 aliphatic heterocycles. The Balaban J connectivity index is 2.78. The number of hydrogen-bond donors (Lipinski definition) is 1. The van der Waals surface area contributed by atoms with Crippen molar-refractivity contribution in [2.75, 3.05) is 0 Å². The molecule has 0 aliphatic carbocycles. The highest BCUT2D eigenvalue weighted by Crippen LogP contribution is 2.11. The van der Waals surface area contributed by atoms with E-state index in [-0.39, 0.29) is 17.5 Å². The van der Waals surface area contributed by atoms with E-state index in [0.29, 0.717) is 0 Å². The quantitative estimate of drug-likeness (QED) is 0.835. The average molecular weight is 237 g/mol. The smallest absolute Gasteiger partial charge is 0.254 e. The first-order chi connectivity index (χ1) is 8.08.